The Hall–Kier alpha value is -1.60. The van der Waals surface area contributed by atoms with Crippen molar-refractivity contribution in [1.29, 1.82) is 0 Å². The lowest BCUT2D eigenvalue weighted by molar-refractivity contribution is 0.532. The van der Waals surface area contributed by atoms with E-state index in [-0.39, 0.29) is 5.41 Å². The van der Waals surface area contributed by atoms with E-state index >= 15 is 0 Å². The highest BCUT2D eigenvalue weighted by Gasteiger charge is 2.14. The van der Waals surface area contributed by atoms with E-state index in [0.29, 0.717) is 5.92 Å². The second kappa shape index (κ2) is 6.91. The van der Waals surface area contributed by atoms with Crippen molar-refractivity contribution in [2.75, 3.05) is 6.54 Å². The van der Waals surface area contributed by atoms with E-state index in [1.165, 1.54) is 16.7 Å². The highest BCUT2D eigenvalue weighted by Crippen LogP contribution is 2.23. The van der Waals surface area contributed by atoms with Crippen LogP contribution >= 0.6 is 0 Å². The Morgan fingerprint density at radius 3 is 1.81 bits per heavy atom. The molecule has 0 radical (unpaired) electrons. The number of hydrogen-bond acceptors (Lipinski definition) is 1. The minimum absolute atomic E-state index is 0.218. The lowest BCUT2D eigenvalue weighted by Crippen LogP contribution is -2.19. The molecule has 0 saturated carbocycles. The van der Waals surface area contributed by atoms with Crippen LogP contribution in [0.2, 0.25) is 0 Å². The smallest absolute Gasteiger partial charge is 0.00425 e. The van der Waals surface area contributed by atoms with Crippen molar-refractivity contribution in [3.63, 3.8) is 0 Å². The van der Waals surface area contributed by atoms with Crippen LogP contribution in [0.1, 0.15) is 37.5 Å². The topological polar surface area (TPSA) is 26.0 Å². The molecule has 0 amide bonds. The molecule has 112 valence electrons. The van der Waals surface area contributed by atoms with Gasteiger partial charge < -0.3 is 5.73 Å². The van der Waals surface area contributed by atoms with Gasteiger partial charge in [0, 0.05) is 0 Å². The molecule has 2 aromatic carbocycles. The molecular weight excluding hydrogens is 254 g/mol. The summed E-state index contributed by atoms with van der Waals surface area (Å²) in [4.78, 5) is 0. The molecule has 1 heteroatoms. The van der Waals surface area contributed by atoms with Gasteiger partial charge in [0.15, 0.2) is 0 Å². The first-order valence-electron chi connectivity index (χ1n) is 7.82. The van der Waals surface area contributed by atoms with E-state index in [9.17, 15) is 0 Å². The first-order valence-corrected chi connectivity index (χ1v) is 7.82. The zero-order valence-corrected chi connectivity index (χ0v) is 13.5. The third-order valence-corrected chi connectivity index (χ3v) is 4.04. The Morgan fingerprint density at radius 2 is 1.33 bits per heavy atom. The molecule has 0 bridgehead atoms. The van der Waals surface area contributed by atoms with Crippen molar-refractivity contribution in [3.05, 3.63) is 71.3 Å². The van der Waals surface area contributed by atoms with E-state index < -0.39 is 0 Å². The molecule has 2 aromatic rings. The van der Waals surface area contributed by atoms with Gasteiger partial charge in [0.25, 0.3) is 0 Å². The van der Waals surface area contributed by atoms with Crippen molar-refractivity contribution in [2.45, 2.75) is 39.0 Å². The van der Waals surface area contributed by atoms with Gasteiger partial charge in [0.05, 0.1) is 0 Å². The van der Waals surface area contributed by atoms with E-state index in [1.807, 2.05) is 0 Å². The maximum absolute atomic E-state index is 5.97. The molecule has 1 unspecified atom stereocenters. The fraction of sp³-hybridized carbons (Fsp3) is 0.400. The standard InChI is InChI=1S/C20H27N/c1-20(2,3)19-11-9-17(10-12-19)14-18(15-21)13-16-7-5-4-6-8-16/h4-12,18H,13-15,21H2,1-3H3. The number of rotatable bonds is 5. The maximum Gasteiger partial charge on any atom is -0.00425 e. The Morgan fingerprint density at radius 1 is 0.810 bits per heavy atom. The van der Waals surface area contributed by atoms with E-state index in [0.717, 1.165) is 19.4 Å². The molecule has 0 aliphatic rings. The molecule has 0 fully saturated rings. The van der Waals surface area contributed by atoms with Gasteiger partial charge >= 0.3 is 0 Å². The van der Waals surface area contributed by atoms with Gasteiger partial charge in [0.1, 0.15) is 0 Å². The molecule has 2 N–H and O–H groups in total. The SMILES string of the molecule is CC(C)(C)c1ccc(CC(CN)Cc2ccccc2)cc1. The van der Waals surface area contributed by atoms with Gasteiger partial charge in [-0.3, -0.25) is 0 Å². The van der Waals surface area contributed by atoms with Crippen LogP contribution in [0.3, 0.4) is 0 Å². The van der Waals surface area contributed by atoms with Crippen LogP contribution in [0.5, 0.6) is 0 Å². The minimum Gasteiger partial charge on any atom is -0.330 e. The largest absolute Gasteiger partial charge is 0.330 e. The van der Waals surface area contributed by atoms with E-state index in [1.54, 1.807) is 0 Å². The van der Waals surface area contributed by atoms with Gasteiger partial charge in [-0.1, -0.05) is 75.4 Å². The monoisotopic (exact) mass is 281 g/mol. The fourth-order valence-electron chi connectivity index (χ4n) is 2.66. The van der Waals surface area contributed by atoms with Crippen molar-refractivity contribution in [1.82, 2.24) is 0 Å². The van der Waals surface area contributed by atoms with Crippen LogP contribution < -0.4 is 5.73 Å². The van der Waals surface area contributed by atoms with Gasteiger partial charge in [0.2, 0.25) is 0 Å². The van der Waals surface area contributed by atoms with Crippen molar-refractivity contribution in [3.8, 4) is 0 Å². The minimum atomic E-state index is 0.218. The number of benzene rings is 2. The number of nitrogens with two attached hydrogens (primary N) is 1. The summed E-state index contributed by atoms with van der Waals surface area (Å²) in [6.07, 6.45) is 2.11. The van der Waals surface area contributed by atoms with Gasteiger partial charge in [-0.25, -0.2) is 0 Å². The summed E-state index contributed by atoms with van der Waals surface area (Å²) in [5, 5.41) is 0. The third-order valence-electron chi connectivity index (χ3n) is 4.04. The van der Waals surface area contributed by atoms with E-state index in [2.05, 4.69) is 75.4 Å². The predicted molar refractivity (Wildman–Crippen MR) is 91.5 cm³/mol. The Balaban J connectivity index is 2.02. The highest BCUT2D eigenvalue weighted by molar-refractivity contribution is 5.28. The molecule has 0 aliphatic heterocycles. The molecule has 0 saturated heterocycles. The lowest BCUT2D eigenvalue weighted by atomic mass is 9.85. The quantitative estimate of drug-likeness (QED) is 0.866. The molecule has 0 aliphatic carbocycles. The Bertz CT molecular complexity index is 534. The predicted octanol–water partition coefficient (Wildman–Crippen LogP) is 4.34. The third kappa shape index (κ3) is 4.71. The highest BCUT2D eigenvalue weighted by atomic mass is 14.5. The van der Waals surface area contributed by atoms with Crippen LogP contribution in [0.15, 0.2) is 54.6 Å². The summed E-state index contributed by atoms with van der Waals surface area (Å²) < 4.78 is 0. The fourth-order valence-corrected chi connectivity index (χ4v) is 2.66. The Kier molecular flexibility index (Phi) is 5.19. The van der Waals surface area contributed by atoms with Crippen LogP contribution in [-0.2, 0) is 18.3 Å². The van der Waals surface area contributed by atoms with Crippen LogP contribution in [0.4, 0.5) is 0 Å². The normalized spacial score (nSPS) is 13.1. The molecule has 0 aromatic heterocycles. The molecule has 1 nitrogen and oxygen atoms in total. The van der Waals surface area contributed by atoms with Crippen LogP contribution in [0, 0.1) is 5.92 Å². The number of hydrogen-bond donors (Lipinski definition) is 1. The second-order valence-electron chi connectivity index (χ2n) is 6.94. The molecule has 2 rings (SSSR count). The summed E-state index contributed by atoms with van der Waals surface area (Å²) in [6, 6.07) is 19.7. The Labute approximate surface area is 129 Å². The molecule has 1 atom stereocenters. The van der Waals surface area contributed by atoms with Crippen LogP contribution in [-0.4, -0.2) is 6.54 Å². The maximum atomic E-state index is 5.97. The van der Waals surface area contributed by atoms with Gasteiger partial charge in [-0.2, -0.15) is 0 Å². The molecule has 21 heavy (non-hydrogen) atoms. The lowest BCUT2D eigenvalue weighted by Gasteiger charge is -2.20. The summed E-state index contributed by atoms with van der Waals surface area (Å²) in [6.45, 7) is 7.48. The van der Waals surface area contributed by atoms with Crippen molar-refractivity contribution in [2.24, 2.45) is 11.7 Å². The summed E-state index contributed by atoms with van der Waals surface area (Å²) in [7, 11) is 0. The van der Waals surface area contributed by atoms with Crippen LogP contribution in [0.25, 0.3) is 0 Å². The second-order valence-corrected chi connectivity index (χ2v) is 6.94. The summed E-state index contributed by atoms with van der Waals surface area (Å²) in [5.41, 5.74) is 10.3. The first-order chi connectivity index (χ1) is 9.99. The average Bonchev–Trinajstić information content (AvgIpc) is 2.47. The van der Waals surface area contributed by atoms with E-state index in [4.69, 9.17) is 5.73 Å². The molecule has 0 spiro atoms. The van der Waals surface area contributed by atoms with Gasteiger partial charge in [-0.05, 0) is 47.4 Å². The zero-order valence-electron chi connectivity index (χ0n) is 13.5. The zero-order chi connectivity index (χ0) is 15.3. The first kappa shape index (κ1) is 15.8. The van der Waals surface area contributed by atoms with Crippen molar-refractivity contribution >= 4 is 0 Å². The van der Waals surface area contributed by atoms with Gasteiger partial charge in [-0.15, -0.1) is 0 Å². The summed E-state index contributed by atoms with van der Waals surface area (Å²) in [5.74, 6) is 0.507. The molecular formula is C20H27N. The molecule has 0 heterocycles. The average molecular weight is 281 g/mol. The summed E-state index contributed by atoms with van der Waals surface area (Å²) >= 11 is 0. The van der Waals surface area contributed by atoms with Crippen molar-refractivity contribution < 1.29 is 0 Å².